The number of alkyl halides is 1. The fraction of sp³-hybridized carbons (Fsp3) is 0.240. The molecule has 0 bridgehead atoms. The lowest BCUT2D eigenvalue weighted by molar-refractivity contribution is -0.132. The Bertz CT molecular complexity index is 1570. The molecule has 11 heteroatoms. The zero-order valence-corrected chi connectivity index (χ0v) is 19.8. The van der Waals surface area contributed by atoms with Crippen molar-refractivity contribution in [3.05, 3.63) is 86.0 Å². The van der Waals surface area contributed by atoms with Crippen LogP contribution < -0.4 is 25.2 Å². The summed E-state index contributed by atoms with van der Waals surface area (Å²) in [6.45, 7) is 2.99. The summed E-state index contributed by atoms with van der Waals surface area (Å²) in [5.41, 5.74) is 2.67. The van der Waals surface area contributed by atoms with Crippen molar-refractivity contribution in [1.29, 1.82) is 0 Å². The monoisotopic (exact) mass is 510 g/mol. The van der Waals surface area contributed by atoms with Crippen LogP contribution in [0.3, 0.4) is 0 Å². The number of allylic oxidation sites excluding steroid dienone is 2. The summed E-state index contributed by atoms with van der Waals surface area (Å²) in [4.78, 5) is 31.4. The molecule has 0 saturated carbocycles. The molecule has 1 aromatic carbocycles. The largest absolute Gasteiger partial charge is 0.478 e. The van der Waals surface area contributed by atoms with Gasteiger partial charge in [0.2, 0.25) is 6.79 Å². The number of ether oxygens (including phenoxy) is 2. The van der Waals surface area contributed by atoms with E-state index in [0.717, 1.165) is 23.0 Å². The highest BCUT2D eigenvalue weighted by atomic mass is 35.5. The predicted octanol–water partition coefficient (Wildman–Crippen LogP) is 3.49. The standard InChI is InChI=1S/C25H20ClFN4O5/c1-12(28-19-6-15(27)5-17(19)25(33)34)16-4-14(26)9-31-22(32)7-21(29-24(16)31)30-8-13-2-3-20-23(18(13)10-30)36-11-35-20/h2-7,9,12,15,28H,8,10-11H2,1H3,(H,33,34). The first kappa shape index (κ1) is 22.4. The third kappa shape index (κ3) is 3.65. The Hall–Kier alpha value is -4.05. The number of carboxylic acids is 1. The number of hydrogen-bond donors (Lipinski definition) is 2. The van der Waals surface area contributed by atoms with Crippen LogP contribution in [0.2, 0.25) is 5.02 Å². The fourth-order valence-corrected chi connectivity index (χ4v) is 5.05. The van der Waals surface area contributed by atoms with E-state index in [1.54, 1.807) is 13.0 Å². The molecule has 36 heavy (non-hydrogen) atoms. The number of aromatic nitrogens is 2. The topological polar surface area (TPSA) is 105 Å². The molecule has 2 aromatic heterocycles. The Morgan fingerprint density at radius 2 is 2.11 bits per heavy atom. The number of fused-ring (bicyclic) bond motifs is 4. The molecule has 9 nitrogen and oxygen atoms in total. The first-order valence-corrected chi connectivity index (χ1v) is 11.6. The van der Waals surface area contributed by atoms with E-state index in [0.29, 0.717) is 40.9 Å². The van der Waals surface area contributed by atoms with Crippen LogP contribution in [0.15, 0.2) is 58.7 Å². The van der Waals surface area contributed by atoms with Gasteiger partial charge in [-0.05, 0) is 36.8 Å². The van der Waals surface area contributed by atoms with Gasteiger partial charge in [-0.25, -0.2) is 14.2 Å². The number of nitrogens with one attached hydrogen (secondary N) is 1. The summed E-state index contributed by atoms with van der Waals surface area (Å²) in [6.07, 6.45) is 2.22. The number of carbonyl (C=O) groups is 1. The predicted molar refractivity (Wildman–Crippen MR) is 129 cm³/mol. The highest BCUT2D eigenvalue weighted by Crippen LogP contribution is 2.42. The van der Waals surface area contributed by atoms with E-state index in [-0.39, 0.29) is 23.6 Å². The molecule has 0 saturated heterocycles. The molecule has 0 fully saturated rings. The number of rotatable bonds is 5. The van der Waals surface area contributed by atoms with Gasteiger partial charge in [-0.1, -0.05) is 17.7 Å². The minimum Gasteiger partial charge on any atom is -0.478 e. The molecule has 2 atom stereocenters. The summed E-state index contributed by atoms with van der Waals surface area (Å²) >= 11 is 6.31. The lowest BCUT2D eigenvalue weighted by Gasteiger charge is -2.21. The molecule has 184 valence electrons. The van der Waals surface area contributed by atoms with Crippen LogP contribution in [0, 0.1) is 0 Å². The van der Waals surface area contributed by atoms with Crippen LogP contribution in [-0.4, -0.2) is 33.4 Å². The second-order valence-corrected chi connectivity index (χ2v) is 9.27. The maximum absolute atomic E-state index is 13.9. The van der Waals surface area contributed by atoms with E-state index in [9.17, 15) is 19.1 Å². The summed E-state index contributed by atoms with van der Waals surface area (Å²) in [5.74, 6) is 0.666. The van der Waals surface area contributed by atoms with Crippen molar-refractivity contribution in [1.82, 2.24) is 14.7 Å². The maximum atomic E-state index is 13.9. The molecule has 3 aromatic rings. The van der Waals surface area contributed by atoms with Crippen LogP contribution in [0.25, 0.3) is 5.65 Å². The third-order valence-electron chi connectivity index (χ3n) is 6.53. The van der Waals surface area contributed by atoms with Crippen LogP contribution in [-0.2, 0) is 17.9 Å². The minimum atomic E-state index is -1.50. The molecule has 4 heterocycles. The molecule has 6 rings (SSSR count). The molecule has 0 spiro atoms. The number of carboxylic acid groups (broad SMARTS) is 1. The van der Waals surface area contributed by atoms with Crippen LogP contribution in [0.4, 0.5) is 10.2 Å². The number of hydrogen-bond acceptors (Lipinski definition) is 7. The Morgan fingerprint density at radius 3 is 2.92 bits per heavy atom. The molecule has 2 aliphatic heterocycles. The Morgan fingerprint density at radius 1 is 1.28 bits per heavy atom. The second kappa shape index (κ2) is 8.27. The number of pyridine rings is 1. The van der Waals surface area contributed by atoms with Gasteiger partial charge in [0.15, 0.2) is 11.5 Å². The molecular weight excluding hydrogens is 491 g/mol. The van der Waals surface area contributed by atoms with E-state index in [4.69, 9.17) is 26.1 Å². The van der Waals surface area contributed by atoms with Crippen molar-refractivity contribution in [2.75, 3.05) is 11.7 Å². The van der Waals surface area contributed by atoms with Gasteiger partial charge in [-0.15, -0.1) is 0 Å². The molecule has 0 amide bonds. The van der Waals surface area contributed by atoms with Crippen molar-refractivity contribution < 1.29 is 23.8 Å². The van der Waals surface area contributed by atoms with Gasteiger partial charge in [0.25, 0.3) is 5.56 Å². The van der Waals surface area contributed by atoms with Crippen LogP contribution in [0.5, 0.6) is 11.5 Å². The van der Waals surface area contributed by atoms with E-state index in [1.165, 1.54) is 22.7 Å². The van der Waals surface area contributed by atoms with Gasteiger partial charge >= 0.3 is 5.97 Å². The fourth-order valence-electron chi connectivity index (χ4n) is 4.84. The van der Waals surface area contributed by atoms with Crippen molar-refractivity contribution in [2.24, 2.45) is 0 Å². The molecule has 2 N–H and O–H groups in total. The van der Waals surface area contributed by atoms with E-state index in [2.05, 4.69) is 5.32 Å². The number of benzene rings is 1. The smallest absolute Gasteiger partial charge is 0.337 e. The Kier molecular flexibility index (Phi) is 5.15. The zero-order chi connectivity index (χ0) is 25.1. The number of nitrogens with zero attached hydrogens (tertiary/aromatic N) is 3. The quantitative estimate of drug-likeness (QED) is 0.537. The zero-order valence-electron chi connectivity index (χ0n) is 19.0. The second-order valence-electron chi connectivity index (χ2n) is 8.83. The summed E-state index contributed by atoms with van der Waals surface area (Å²) in [7, 11) is 0. The number of halogens is 2. The summed E-state index contributed by atoms with van der Waals surface area (Å²) < 4.78 is 26.3. The van der Waals surface area contributed by atoms with Crippen molar-refractivity contribution in [3.63, 3.8) is 0 Å². The number of anilines is 1. The van der Waals surface area contributed by atoms with Crippen molar-refractivity contribution >= 4 is 29.0 Å². The summed E-state index contributed by atoms with van der Waals surface area (Å²) in [6, 6.07) is 6.43. The average Bonchev–Trinajstić information content (AvgIpc) is 3.56. The Labute approximate surface area is 209 Å². The maximum Gasteiger partial charge on any atom is 0.337 e. The average molecular weight is 511 g/mol. The van der Waals surface area contributed by atoms with Gasteiger partial charge in [-0.3, -0.25) is 9.20 Å². The van der Waals surface area contributed by atoms with Crippen molar-refractivity contribution in [3.8, 4) is 11.5 Å². The first-order chi connectivity index (χ1) is 17.3. The third-order valence-corrected chi connectivity index (χ3v) is 6.73. The van der Waals surface area contributed by atoms with Gasteiger partial charge in [-0.2, -0.15) is 0 Å². The van der Waals surface area contributed by atoms with Gasteiger partial charge in [0.1, 0.15) is 17.6 Å². The molecule has 2 unspecified atom stereocenters. The molecule has 1 aliphatic carbocycles. The lowest BCUT2D eigenvalue weighted by atomic mass is 10.1. The van der Waals surface area contributed by atoms with Crippen LogP contribution in [0.1, 0.15) is 29.7 Å². The SMILES string of the molecule is CC(NC1=CC(F)C=C1C(=O)O)c1cc(Cl)cn2c(=O)cc(N3Cc4ccc5c(c4C3)OCO5)nc12. The minimum absolute atomic E-state index is 0.153. The first-order valence-electron chi connectivity index (χ1n) is 11.2. The van der Waals surface area contributed by atoms with Crippen LogP contribution >= 0.6 is 11.6 Å². The normalized spacial score (nSPS) is 18.8. The number of aliphatic carboxylic acids is 1. The molecule has 0 radical (unpaired) electrons. The van der Waals surface area contributed by atoms with Gasteiger partial charge in [0, 0.05) is 42.2 Å². The van der Waals surface area contributed by atoms with Gasteiger partial charge < -0.3 is 24.8 Å². The molecule has 3 aliphatic rings. The lowest BCUT2D eigenvalue weighted by Crippen LogP contribution is -2.25. The van der Waals surface area contributed by atoms with Gasteiger partial charge in [0.05, 0.1) is 16.6 Å². The highest BCUT2D eigenvalue weighted by molar-refractivity contribution is 6.30. The van der Waals surface area contributed by atoms with E-state index in [1.807, 2.05) is 17.0 Å². The van der Waals surface area contributed by atoms with Crippen molar-refractivity contribution in [2.45, 2.75) is 32.2 Å². The van der Waals surface area contributed by atoms with E-state index >= 15 is 0 Å². The molecular formula is C25H20ClFN4O5. The summed E-state index contributed by atoms with van der Waals surface area (Å²) in [5, 5.41) is 12.8. The van der Waals surface area contributed by atoms with E-state index < -0.39 is 18.2 Å². The Balaban J connectivity index is 1.38. The highest BCUT2D eigenvalue weighted by Gasteiger charge is 2.30.